The predicted octanol–water partition coefficient (Wildman–Crippen LogP) is 2.97. The highest BCUT2D eigenvalue weighted by molar-refractivity contribution is 6.02. The van der Waals surface area contributed by atoms with Gasteiger partial charge in [0.15, 0.2) is 11.5 Å². The highest BCUT2D eigenvalue weighted by atomic mass is 16.6. The number of esters is 1. The van der Waals surface area contributed by atoms with Crippen molar-refractivity contribution in [2.75, 3.05) is 12.4 Å². The van der Waals surface area contributed by atoms with Crippen LogP contribution < -0.4 is 14.8 Å². The van der Waals surface area contributed by atoms with E-state index in [0.29, 0.717) is 17.0 Å². The van der Waals surface area contributed by atoms with E-state index in [0.717, 1.165) is 0 Å². The van der Waals surface area contributed by atoms with Gasteiger partial charge in [0, 0.05) is 18.7 Å². The van der Waals surface area contributed by atoms with E-state index in [4.69, 9.17) is 14.6 Å². The van der Waals surface area contributed by atoms with Gasteiger partial charge in [0.25, 0.3) is 0 Å². The van der Waals surface area contributed by atoms with E-state index >= 15 is 0 Å². The summed E-state index contributed by atoms with van der Waals surface area (Å²) >= 11 is 0. The number of methoxy groups -OCH3 is 1. The normalized spacial score (nSPS) is 10.4. The monoisotopic (exact) mass is 355 g/mol. The van der Waals surface area contributed by atoms with E-state index < -0.39 is 17.8 Å². The van der Waals surface area contributed by atoms with E-state index in [1.165, 1.54) is 32.2 Å². The van der Waals surface area contributed by atoms with Gasteiger partial charge in [0.05, 0.1) is 12.7 Å². The number of hydrogen-bond donors (Lipinski definition) is 2. The minimum Gasteiger partial charge on any atom is -0.493 e. The van der Waals surface area contributed by atoms with Crippen LogP contribution in [-0.2, 0) is 9.59 Å². The Balaban J connectivity index is 2.09. The van der Waals surface area contributed by atoms with Crippen LogP contribution in [-0.4, -0.2) is 30.1 Å². The van der Waals surface area contributed by atoms with Crippen molar-refractivity contribution in [2.24, 2.45) is 0 Å². The highest BCUT2D eigenvalue weighted by Gasteiger charge is 2.08. The number of ether oxygens (including phenoxy) is 2. The first kappa shape index (κ1) is 18.7. The Morgan fingerprint density at radius 3 is 2.50 bits per heavy atom. The topological polar surface area (TPSA) is 102 Å². The number of hydrogen-bond acceptors (Lipinski definition) is 5. The molecule has 0 radical (unpaired) electrons. The van der Waals surface area contributed by atoms with Crippen LogP contribution in [0.3, 0.4) is 0 Å². The Morgan fingerprint density at radius 2 is 1.85 bits per heavy atom. The zero-order valence-electron chi connectivity index (χ0n) is 14.2. The molecule has 2 aromatic rings. The van der Waals surface area contributed by atoms with Crippen LogP contribution in [0.15, 0.2) is 48.5 Å². The lowest BCUT2D eigenvalue weighted by Crippen LogP contribution is -2.08. The molecule has 0 aliphatic carbocycles. The Bertz CT molecular complexity index is 872. The summed E-state index contributed by atoms with van der Waals surface area (Å²) in [6.45, 7) is 1.29. The van der Waals surface area contributed by atoms with Gasteiger partial charge in [-0.25, -0.2) is 4.79 Å². The number of amides is 1. The van der Waals surface area contributed by atoms with Crippen molar-refractivity contribution >= 4 is 29.6 Å². The Morgan fingerprint density at radius 1 is 1.08 bits per heavy atom. The summed E-state index contributed by atoms with van der Waals surface area (Å²) in [7, 11) is 1.44. The van der Waals surface area contributed by atoms with Crippen molar-refractivity contribution in [3.63, 3.8) is 0 Å². The summed E-state index contributed by atoms with van der Waals surface area (Å²) in [5.74, 6) is -1.31. The van der Waals surface area contributed by atoms with Gasteiger partial charge in [-0.3, -0.25) is 9.59 Å². The Hall–Kier alpha value is -3.61. The number of benzene rings is 2. The molecule has 1 amide bonds. The molecule has 26 heavy (non-hydrogen) atoms. The van der Waals surface area contributed by atoms with Crippen LogP contribution >= 0.6 is 0 Å². The summed E-state index contributed by atoms with van der Waals surface area (Å²) < 4.78 is 10.2. The van der Waals surface area contributed by atoms with Crippen LogP contribution in [0.2, 0.25) is 0 Å². The van der Waals surface area contributed by atoms with Crippen molar-refractivity contribution < 1.29 is 29.0 Å². The molecule has 0 bridgehead atoms. The first-order valence-electron chi connectivity index (χ1n) is 7.58. The number of carboxylic acids is 1. The fourth-order valence-electron chi connectivity index (χ4n) is 2.11. The number of rotatable bonds is 6. The molecule has 7 heteroatoms. The maximum Gasteiger partial charge on any atom is 0.335 e. The van der Waals surface area contributed by atoms with Gasteiger partial charge >= 0.3 is 11.9 Å². The summed E-state index contributed by atoms with van der Waals surface area (Å²) in [5, 5.41) is 11.5. The van der Waals surface area contributed by atoms with Crippen molar-refractivity contribution in [1.29, 1.82) is 0 Å². The van der Waals surface area contributed by atoms with Gasteiger partial charge in [-0.1, -0.05) is 12.1 Å². The molecule has 7 nitrogen and oxygen atoms in total. The quantitative estimate of drug-likeness (QED) is 0.469. The number of carbonyl (C=O) groups is 3. The molecule has 134 valence electrons. The second kappa shape index (κ2) is 8.48. The van der Waals surface area contributed by atoms with Crippen molar-refractivity contribution in [1.82, 2.24) is 0 Å². The molecule has 0 spiro atoms. The third-order valence-corrected chi connectivity index (χ3v) is 3.25. The van der Waals surface area contributed by atoms with Crippen LogP contribution in [0.25, 0.3) is 6.08 Å². The minimum absolute atomic E-state index is 0.0811. The van der Waals surface area contributed by atoms with E-state index in [2.05, 4.69) is 5.32 Å². The molecule has 0 unspecified atom stereocenters. The summed E-state index contributed by atoms with van der Waals surface area (Å²) in [6, 6.07) is 10.8. The number of nitrogens with one attached hydrogen (secondary N) is 1. The summed E-state index contributed by atoms with van der Waals surface area (Å²) in [6.07, 6.45) is 2.85. The fourth-order valence-corrected chi connectivity index (χ4v) is 2.11. The molecular formula is C19H17NO6. The molecule has 0 atom stereocenters. The van der Waals surface area contributed by atoms with Crippen molar-refractivity contribution in [3.05, 3.63) is 59.7 Å². The molecule has 0 heterocycles. The van der Waals surface area contributed by atoms with Crippen LogP contribution in [0, 0.1) is 0 Å². The number of anilines is 1. The van der Waals surface area contributed by atoms with Crippen LogP contribution in [0.1, 0.15) is 22.8 Å². The van der Waals surface area contributed by atoms with E-state index in [1.807, 2.05) is 0 Å². The SMILES string of the molecule is COc1cc(C=CC(=O)Nc2cccc(C(=O)O)c2)ccc1OC(C)=O. The number of carboxylic acid groups (broad SMARTS) is 1. The molecule has 2 rings (SSSR count). The smallest absolute Gasteiger partial charge is 0.335 e. The standard InChI is InChI=1S/C19H17NO6/c1-12(21)26-16-8-6-13(10-17(16)25-2)7-9-18(22)20-15-5-3-4-14(11-15)19(23)24/h3-11H,1-2H3,(H,20,22)(H,23,24). The van der Waals surface area contributed by atoms with Gasteiger partial charge in [0.1, 0.15) is 0 Å². The lowest BCUT2D eigenvalue weighted by atomic mass is 10.2. The summed E-state index contributed by atoms with van der Waals surface area (Å²) in [5.41, 5.74) is 1.12. The molecule has 0 saturated heterocycles. The van der Waals surface area contributed by atoms with E-state index in [9.17, 15) is 14.4 Å². The second-order valence-electron chi connectivity index (χ2n) is 5.21. The average molecular weight is 355 g/mol. The van der Waals surface area contributed by atoms with Crippen LogP contribution in [0.5, 0.6) is 11.5 Å². The molecule has 0 aliphatic heterocycles. The fraction of sp³-hybridized carbons (Fsp3) is 0.105. The first-order chi connectivity index (χ1) is 12.4. The molecule has 2 aromatic carbocycles. The molecule has 0 aliphatic rings. The average Bonchev–Trinajstić information content (AvgIpc) is 2.60. The van der Waals surface area contributed by atoms with Gasteiger partial charge < -0.3 is 19.9 Å². The highest BCUT2D eigenvalue weighted by Crippen LogP contribution is 2.28. The molecule has 0 fully saturated rings. The van der Waals surface area contributed by atoms with Gasteiger partial charge in [-0.05, 0) is 42.0 Å². The number of aromatic carboxylic acids is 1. The predicted molar refractivity (Wildman–Crippen MR) is 95.4 cm³/mol. The second-order valence-corrected chi connectivity index (χ2v) is 5.21. The minimum atomic E-state index is -1.07. The summed E-state index contributed by atoms with van der Waals surface area (Å²) in [4.78, 5) is 34.0. The van der Waals surface area contributed by atoms with E-state index in [-0.39, 0.29) is 11.3 Å². The van der Waals surface area contributed by atoms with Crippen LogP contribution in [0.4, 0.5) is 5.69 Å². The molecule has 0 aromatic heterocycles. The Kier molecular flexibility index (Phi) is 6.10. The lowest BCUT2D eigenvalue weighted by molar-refractivity contribution is -0.132. The number of carbonyl (C=O) groups excluding carboxylic acids is 2. The van der Waals surface area contributed by atoms with E-state index in [1.54, 1.807) is 36.4 Å². The molecule has 2 N–H and O–H groups in total. The zero-order chi connectivity index (χ0) is 19.1. The largest absolute Gasteiger partial charge is 0.493 e. The lowest BCUT2D eigenvalue weighted by Gasteiger charge is -2.08. The van der Waals surface area contributed by atoms with Gasteiger partial charge in [-0.15, -0.1) is 0 Å². The maximum absolute atomic E-state index is 12.0. The third kappa shape index (κ3) is 5.20. The van der Waals surface area contributed by atoms with Gasteiger partial charge in [0.2, 0.25) is 5.91 Å². The maximum atomic E-state index is 12.0. The first-order valence-corrected chi connectivity index (χ1v) is 7.58. The zero-order valence-corrected chi connectivity index (χ0v) is 14.2. The molecule has 0 saturated carbocycles. The third-order valence-electron chi connectivity index (χ3n) is 3.25. The van der Waals surface area contributed by atoms with Crippen molar-refractivity contribution in [2.45, 2.75) is 6.92 Å². The molecular weight excluding hydrogens is 338 g/mol. The van der Waals surface area contributed by atoms with Crippen molar-refractivity contribution in [3.8, 4) is 11.5 Å². The Labute approximate surface area is 149 Å². The van der Waals surface area contributed by atoms with Gasteiger partial charge in [-0.2, -0.15) is 0 Å².